The average Bonchev–Trinajstić information content (AvgIpc) is 2.98. The molecular weight excluding hydrogens is 240 g/mol. The first kappa shape index (κ1) is 14.8. The van der Waals surface area contributed by atoms with Crippen LogP contribution in [0.3, 0.4) is 0 Å². The predicted octanol–water partition coefficient (Wildman–Crippen LogP) is 1.93. The Balaban J connectivity index is 1.96. The van der Waals surface area contributed by atoms with Crippen molar-refractivity contribution in [2.75, 3.05) is 20.2 Å². The number of nitrogens with zero attached hydrogens (tertiary/aromatic N) is 1. The molecule has 0 bridgehead atoms. The summed E-state index contributed by atoms with van der Waals surface area (Å²) in [6.07, 6.45) is 7.53. The fourth-order valence-electron chi connectivity index (χ4n) is 3.11. The van der Waals surface area contributed by atoms with E-state index in [0.29, 0.717) is 18.7 Å². The van der Waals surface area contributed by atoms with Crippen molar-refractivity contribution in [2.45, 2.75) is 70.0 Å². The van der Waals surface area contributed by atoms with Crippen LogP contribution >= 0.6 is 0 Å². The minimum atomic E-state index is -0.561. The van der Waals surface area contributed by atoms with Crippen molar-refractivity contribution in [2.24, 2.45) is 0 Å². The number of carbonyl (C=O) groups excluding carboxylic acids is 1. The highest BCUT2D eigenvalue weighted by Gasteiger charge is 2.41. The van der Waals surface area contributed by atoms with Gasteiger partial charge in [-0.2, -0.15) is 0 Å². The largest absolute Gasteiger partial charge is 0.465 e. The molecule has 0 aromatic rings. The highest BCUT2D eigenvalue weighted by molar-refractivity contribution is 5.80. The molecular formula is C15H28N2O2. The van der Waals surface area contributed by atoms with E-state index >= 15 is 0 Å². The predicted molar refractivity (Wildman–Crippen MR) is 76.1 cm³/mol. The summed E-state index contributed by atoms with van der Waals surface area (Å²) < 4.78 is 5.27. The molecule has 2 rings (SSSR count). The van der Waals surface area contributed by atoms with Gasteiger partial charge in [-0.05, 0) is 46.6 Å². The molecule has 2 aliphatic carbocycles. The van der Waals surface area contributed by atoms with Crippen LogP contribution in [0.5, 0.6) is 0 Å². The van der Waals surface area contributed by atoms with Crippen molar-refractivity contribution >= 4 is 5.97 Å². The summed E-state index contributed by atoms with van der Waals surface area (Å²) in [5, 5.41) is 3.49. The number of carbonyl (C=O) groups is 1. The minimum absolute atomic E-state index is 0.105. The maximum absolute atomic E-state index is 12.3. The molecule has 0 aromatic carbocycles. The van der Waals surface area contributed by atoms with Gasteiger partial charge in [0.05, 0.1) is 6.61 Å². The van der Waals surface area contributed by atoms with Crippen molar-refractivity contribution in [1.82, 2.24) is 10.2 Å². The smallest absolute Gasteiger partial charge is 0.327 e. The van der Waals surface area contributed by atoms with E-state index in [2.05, 4.69) is 17.3 Å². The molecule has 2 fully saturated rings. The molecule has 0 amide bonds. The normalized spacial score (nSPS) is 23.6. The molecule has 1 N–H and O–H groups in total. The summed E-state index contributed by atoms with van der Waals surface area (Å²) in [6.45, 7) is 5.06. The van der Waals surface area contributed by atoms with E-state index in [1.807, 2.05) is 13.8 Å². The Bertz CT molecular complexity index is 311. The van der Waals surface area contributed by atoms with Crippen LogP contribution in [0.2, 0.25) is 0 Å². The topological polar surface area (TPSA) is 41.6 Å². The van der Waals surface area contributed by atoms with Crippen molar-refractivity contribution in [1.29, 1.82) is 0 Å². The zero-order valence-electron chi connectivity index (χ0n) is 12.6. The van der Waals surface area contributed by atoms with Crippen LogP contribution in [0.1, 0.15) is 52.4 Å². The molecule has 0 radical (unpaired) electrons. The standard InChI is InChI=1S/C15H28N2O2/c1-4-19-14(18)15(2,16-12-9-10-12)11-17(3)13-7-5-6-8-13/h12-13,16H,4-11H2,1-3H3. The van der Waals surface area contributed by atoms with Crippen molar-refractivity contribution < 1.29 is 9.53 Å². The molecule has 4 nitrogen and oxygen atoms in total. The Morgan fingerprint density at radius 1 is 1.32 bits per heavy atom. The molecule has 110 valence electrons. The van der Waals surface area contributed by atoms with E-state index in [0.717, 1.165) is 6.54 Å². The number of likely N-dealkylation sites (N-methyl/N-ethyl adjacent to an activating group) is 1. The van der Waals surface area contributed by atoms with Gasteiger partial charge in [0, 0.05) is 18.6 Å². The number of esters is 1. The summed E-state index contributed by atoms with van der Waals surface area (Å²) in [7, 11) is 2.14. The summed E-state index contributed by atoms with van der Waals surface area (Å²) in [4.78, 5) is 14.6. The molecule has 19 heavy (non-hydrogen) atoms. The van der Waals surface area contributed by atoms with Crippen molar-refractivity contribution in [3.8, 4) is 0 Å². The van der Waals surface area contributed by atoms with E-state index in [1.165, 1.54) is 38.5 Å². The summed E-state index contributed by atoms with van der Waals surface area (Å²) >= 11 is 0. The first-order valence-electron chi connectivity index (χ1n) is 7.70. The Morgan fingerprint density at radius 2 is 1.95 bits per heavy atom. The Hall–Kier alpha value is -0.610. The molecule has 0 aromatic heterocycles. The third-order valence-corrected chi connectivity index (χ3v) is 4.34. The first-order valence-corrected chi connectivity index (χ1v) is 7.70. The highest BCUT2D eigenvalue weighted by Crippen LogP contribution is 2.27. The molecule has 2 aliphatic rings. The third kappa shape index (κ3) is 3.93. The second kappa shape index (κ2) is 6.23. The average molecular weight is 268 g/mol. The van der Waals surface area contributed by atoms with E-state index in [9.17, 15) is 4.79 Å². The maximum atomic E-state index is 12.3. The van der Waals surface area contributed by atoms with Gasteiger partial charge in [0.15, 0.2) is 0 Å². The number of rotatable bonds is 7. The quantitative estimate of drug-likeness (QED) is 0.716. The van der Waals surface area contributed by atoms with Crippen LogP contribution in [0.25, 0.3) is 0 Å². The van der Waals surface area contributed by atoms with Crippen LogP contribution in [-0.4, -0.2) is 48.7 Å². The molecule has 0 aliphatic heterocycles. The Labute approximate surface area is 116 Å². The van der Waals surface area contributed by atoms with Gasteiger partial charge < -0.3 is 9.64 Å². The van der Waals surface area contributed by atoms with Gasteiger partial charge in [0.1, 0.15) is 5.54 Å². The first-order chi connectivity index (χ1) is 9.05. The van der Waals surface area contributed by atoms with Gasteiger partial charge in [-0.1, -0.05) is 12.8 Å². The fourth-order valence-corrected chi connectivity index (χ4v) is 3.11. The number of ether oxygens (including phenoxy) is 1. The summed E-state index contributed by atoms with van der Waals surface area (Å²) in [5.74, 6) is -0.105. The van der Waals surface area contributed by atoms with Gasteiger partial charge >= 0.3 is 5.97 Å². The molecule has 2 saturated carbocycles. The second-order valence-electron chi connectivity index (χ2n) is 6.32. The van der Waals surface area contributed by atoms with Gasteiger partial charge in [-0.3, -0.25) is 10.1 Å². The number of hydrogen-bond acceptors (Lipinski definition) is 4. The Morgan fingerprint density at radius 3 is 2.47 bits per heavy atom. The SMILES string of the molecule is CCOC(=O)C(C)(CN(C)C1CCCC1)NC1CC1. The zero-order chi connectivity index (χ0) is 13.9. The van der Waals surface area contributed by atoms with E-state index in [1.54, 1.807) is 0 Å². The molecule has 0 spiro atoms. The van der Waals surface area contributed by atoms with E-state index in [4.69, 9.17) is 4.74 Å². The maximum Gasteiger partial charge on any atom is 0.327 e. The van der Waals surface area contributed by atoms with Gasteiger partial charge in [-0.25, -0.2) is 0 Å². The minimum Gasteiger partial charge on any atom is -0.465 e. The van der Waals surface area contributed by atoms with E-state index in [-0.39, 0.29) is 5.97 Å². The summed E-state index contributed by atoms with van der Waals surface area (Å²) in [5.41, 5.74) is -0.561. The van der Waals surface area contributed by atoms with Crippen LogP contribution in [0.4, 0.5) is 0 Å². The lowest BCUT2D eigenvalue weighted by Gasteiger charge is -2.35. The van der Waals surface area contributed by atoms with Crippen LogP contribution in [-0.2, 0) is 9.53 Å². The van der Waals surface area contributed by atoms with Crippen molar-refractivity contribution in [3.05, 3.63) is 0 Å². The van der Waals surface area contributed by atoms with Gasteiger partial charge in [0.25, 0.3) is 0 Å². The fraction of sp³-hybridized carbons (Fsp3) is 0.933. The Kier molecular flexibility index (Phi) is 4.85. The molecule has 1 unspecified atom stereocenters. The lowest BCUT2D eigenvalue weighted by molar-refractivity contribution is -0.151. The van der Waals surface area contributed by atoms with Crippen LogP contribution in [0, 0.1) is 0 Å². The molecule has 0 saturated heterocycles. The van der Waals surface area contributed by atoms with E-state index < -0.39 is 5.54 Å². The molecule has 4 heteroatoms. The molecule has 1 atom stereocenters. The zero-order valence-corrected chi connectivity index (χ0v) is 12.6. The van der Waals surface area contributed by atoms with Crippen LogP contribution in [0.15, 0.2) is 0 Å². The monoisotopic (exact) mass is 268 g/mol. The highest BCUT2D eigenvalue weighted by atomic mass is 16.5. The van der Waals surface area contributed by atoms with Crippen LogP contribution < -0.4 is 5.32 Å². The van der Waals surface area contributed by atoms with Crippen molar-refractivity contribution in [3.63, 3.8) is 0 Å². The number of nitrogens with one attached hydrogen (secondary N) is 1. The number of hydrogen-bond donors (Lipinski definition) is 1. The second-order valence-corrected chi connectivity index (χ2v) is 6.32. The lowest BCUT2D eigenvalue weighted by Crippen LogP contribution is -2.58. The van der Waals surface area contributed by atoms with Gasteiger partial charge in [0.2, 0.25) is 0 Å². The summed E-state index contributed by atoms with van der Waals surface area (Å²) in [6, 6.07) is 1.14. The van der Waals surface area contributed by atoms with Gasteiger partial charge in [-0.15, -0.1) is 0 Å². The third-order valence-electron chi connectivity index (χ3n) is 4.34. The lowest BCUT2D eigenvalue weighted by atomic mass is 10.0. The molecule has 0 heterocycles.